The van der Waals surface area contributed by atoms with Crippen LogP contribution in [0.1, 0.15) is 37.9 Å². The summed E-state index contributed by atoms with van der Waals surface area (Å²) >= 11 is 6.96. The van der Waals surface area contributed by atoms with E-state index in [2.05, 4.69) is 41.7 Å². The minimum atomic E-state index is -0.166. The van der Waals surface area contributed by atoms with Gasteiger partial charge in [-0.25, -0.2) is 0 Å². The van der Waals surface area contributed by atoms with Crippen molar-refractivity contribution in [3.63, 3.8) is 0 Å². The lowest BCUT2D eigenvalue weighted by atomic mass is 10.1. The molecule has 0 amide bonds. The number of ether oxygens (including phenoxy) is 1. The molecule has 0 radical (unpaired) electrons. The summed E-state index contributed by atoms with van der Waals surface area (Å²) in [6, 6.07) is 1.95. The van der Waals surface area contributed by atoms with Gasteiger partial charge in [-0.1, -0.05) is 0 Å². The smallest absolute Gasteiger partial charge is 0.307 e. The van der Waals surface area contributed by atoms with E-state index in [1.54, 1.807) is 6.20 Å². The number of carbonyl (C=O) groups is 1. The average Bonchev–Trinajstić information content (AvgIpc) is 2.90. The van der Waals surface area contributed by atoms with Crippen LogP contribution >= 0.6 is 31.9 Å². The van der Waals surface area contributed by atoms with Crippen LogP contribution in [0, 0.1) is 0 Å². The van der Waals surface area contributed by atoms with Gasteiger partial charge < -0.3 is 4.74 Å². The number of rotatable bonds is 5. The zero-order valence-corrected chi connectivity index (χ0v) is 14.6. The van der Waals surface area contributed by atoms with E-state index in [0.717, 1.165) is 27.7 Å². The summed E-state index contributed by atoms with van der Waals surface area (Å²) in [7, 11) is 0. The second kappa shape index (κ2) is 7.52. The molecule has 0 aliphatic carbocycles. The number of pyridine rings is 1. The van der Waals surface area contributed by atoms with Crippen LogP contribution in [-0.2, 0) is 9.53 Å². The highest BCUT2D eigenvalue weighted by Gasteiger charge is 2.28. The van der Waals surface area contributed by atoms with Gasteiger partial charge in [0, 0.05) is 15.1 Å². The molecule has 6 heteroatoms. The second-order valence-electron chi connectivity index (χ2n) is 4.79. The molecular weight excluding hydrogens is 388 g/mol. The first-order valence-corrected chi connectivity index (χ1v) is 8.41. The van der Waals surface area contributed by atoms with Crippen LogP contribution in [-0.4, -0.2) is 35.5 Å². The van der Waals surface area contributed by atoms with Crippen molar-refractivity contribution in [3.05, 3.63) is 26.9 Å². The number of aromatic nitrogens is 1. The first-order chi connectivity index (χ1) is 9.61. The Morgan fingerprint density at radius 2 is 2.15 bits per heavy atom. The van der Waals surface area contributed by atoms with Crippen LogP contribution < -0.4 is 0 Å². The van der Waals surface area contributed by atoms with Gasteiger partial charge in [-0.15, -0.1) is 0 Å². The molecule has 1 aliphatic heterocycles. The first-order valence-electron chi connectivity index (χ1n) is 6.82. The largest absolute Gasteiger partial charge is 0.466 e. The fraction of sp³-hybridized carbons (Fsp3) is 0.571. The maximum atomic E-state index is 11.9. The Morgan fingerprint density at radius 1 is 1.45 bits per heavy atom. The highest BCUT2D eigenvalue weighted by molar-refractivity contribution is 9.11. The van der Waals surface area contributed by atoms with Gasteiger partial charge in [0.15, 0.2) is 0 Å². The van der Waals surface area contributed by atoms with E-state index in [1.807, 2.05) is 13.0 Å². The number of likely N-dealkylation sites (tertiary alicyclic amines) is 1. The van der Waals surface area contributed by atoms with Crippen molar-refractivity contribution in [2.75, 3.05) is 19.7 Å². The van der Waals surface area contributed by atoms with Crippen LogP contribution in [0.25, 0.3) is 0 Å². The molecule has 1 atom stereocenters. The molecule has 0 N–H and O–H groups in total. The quantitative estimate of drug-likeness (QED) is 0.700. The van der Waals surface area contributed by atoms with Gasteiger partial charge in [0.05, 0.1) is 24.8 Å². The molecule has 2 heterocycles. The van der Waals surface area contributed by atoms with E-state index in [1.165, 1.54) is 12.8 Å². The molecule has 4 nitrogen and oxygen atoms in total. The molecule has 1 saturated heterocycles. The molecular formula is C14H18Br2N2O2. The van der Waals surface area contributed by atoms with E-state index < -0.39 is 0 Å². The Labute approximate surface area is 136 Å². The fourth-order valence-electron chi connectivity index (χ4n) is 2.50. The standard InChI is InChI=1S/C14H18Br2N2O2/c1-2-20-13(19)8-12(18-5-3-4-6-18)14-11(16)7-10(15)9-17-14/h7,9,12H,2-6,8H2,1H3. The normalized spacial score (nSPS) is 17.1. The van der Waals surface area contributed by atoms with Gasteiger partial charge in [0.1, 0.15) is 0 Å². The third-order valence-electron chi connectivity index (χ3n) is 3.40. The molecule has 0 aromatic carbocycles. The van der Waals surface area contributed by atoms with Crippen LogP contribution in [0.4, 0.5) is 0 Å². The Morgan fingerprint density at radius 3 is 2.75 bits per heavy atom. The minimum absolute atomic E-state index is 0.0148. The van der Waals surface area contributed by atoms with Crippen molar-refractivity contribution in [2.45, 2.75) is 32.2 Å². The van der Waals surface area contributed by atoms with Crippen LogP contribution in [0.5, 0.6) is 0 Å². The summed E-state index contributed by atoms with van der Waals surface area (Å²) in [6.07, 6.45) is 4.47. The second-order valence-corrected chi connectivity index (χ2v) is 6.56. The Bertz CT molecular complexity index is 476. The van der Waals surface area contributed by atoms with Crippen LogP contribution in [0.15, 0.2) is 21.2 Å². The molecule has 20 heavy (non-hydrogen) atoms. The molecule has 110 valence electrons. The van der Waals surface area contributed by atoms with Crippen LogP contribution in [0.3, 0.4) is 0 Å². The van der Waals surface area contributed by atoms with Crippen LogP contribution in [0.2, 0.25) is 0 Å². The number of esters is 1. The highest BCUT2D eigenvalue weighted by atomic mass is 79.9. The van der Waals surface area contributed by atoms with Crippen molar-refractivity contribution in [1.29, 1.82) is 0 Å². The van der Waals surface area contributed by atoms with Crippen molar-refractivity contribution in [3.8, 4) is 0 Å². The zero-order chi connectivity index (χ0) is 14.5. The Kier molecular flexibility index (Phi) is 5.99. The molecule has 1 unspecified atom stereocenters. The zero-order valence-electron chi connectivity index (χ0n) is 11.4. The van der Waals surface area contributed by atoms with Gasteiger partial charge in [-0.05, 0) is 70.8 Å². The maximum absolute atomic E-state index is 11.9. The summed E-state index contributed by atoms with van der Waals surface area (Å²) in [4.78, 5) is 18.7. The predicted molar refractivity (Wildman–Crippen MR) is 84.4 cm³/mol. The lowest BCUT2D eigenvalue weighted by Gasteiger charge is -2.27. The lowest BCUT2D eigenvalue weighted by molar-refractivity contribution is -0.144. The molecule has 1 aromatic rings. The summed E-state index contributed by atoms with van der Waals surface area (Å²) in [6.45, 7) is 4.26. The van der Waals surface area contributed by atoms with Crippen molar-refractivity contribution in [2.24, 2.45) is 0 Å². The van der Waals surface area contributed by atoms with Crippen molar-refractivity contribution >= 4 is 37.8 Å². The molecule has 0 saturated carbocycles. The number of carbonyl (C=O) groups excluding carboxylic acids is 1. The molecule has 1 aromatic heterocycles. The number of hydrogen-bond acceptors (Lipinski definition) is 4. The van der Waals surface area contributed by atoms with Gasteiger partial charge in [-0.3, -0.25) is 14.7 Å². The van der Waals surface area contributed by atoms with Gasteiger partial charge in [0.2, 0.25) is 0 Å². The van der Waals surface area contributed by atoms with Gasteiger partial charge in [-0.2, -0.15) is 0 Å². The Hall–Kier alpha value is -0.460. The van der Waals surface area contributed by atoms with E-state index in [-0.39, 0.29) is 12.0 Å². The van der Waals surface area contributed by atoms with Gasteiger partial charge >= 0.3 is 5.97 Å². The minimum Gasteiger partial charge on any atom is -0.466 e. The number of halogens is 2. The third-order valence-corrected chi connectivity index (χ3v) is 4.47. The van der Waals surface area contributed by atoms with E-state index >= 15 is 0 Å². The highest BCUT2D eigenvalue weighted by Crippen LogP contribution is 2.32. The SMILES string of the molecule is CCOC(=O)CC(c1ncc(Br)cc1Br)N1CCCC1. The fourth-order valence-corrected chi connectivity index (χ4v) is 3.75. The summed E-state index contributed by atoms with van der Waals surface area (Å²) in [5.74, 6) is -0.166. The molecule has 0 bridgehead atoms. The van der Waals surface area contributed by atoms with Crippen molar-refractivity contribution in [1.82, 2.24) is 9.88 Å². The predicted octanol–water partition coefficient (Wildman–Crippen LogP) is 3.70. The molecule has 0 spiro atoms. The molecule has 2 rings (SSSR count). The van der Waals surface area contributed by atoms with E-state index in [0.29, 0.717) is 13.0 Å². The topological polar surface area (TPSA) is 42.4 Å². The maximum Gasteiger partial charge on any atom is 0.307 e. The van der Waals surface area contributed by atoms with E-state index in [9.17, 15) is 4.79 Å². The molecule has 1 aliphatic rings. The third kappa shape index (κ3) is 4.02. The van der Waals surface area contributed by atoms with Crippen molar-refractivity contribution < 1.29 is 9.53 Å². The number of nitrogens with zero attached hydrogens (tertiary/aromatic N) is 2. The lowest BCUT2D eigenvalue weighted by Crippen LogP contribution is -2.29. The summed E-state index contributed by atoms with van der Waals surface area (Å²) in [5, 5.41) is 0. The Balaban J connectivity index is 2.22. The average molecular weight is 406 g/mol. The summed E-state index contributed by atoms with van der Waals surface area (Å²) in [5.41, 5.74) is 0.906. The van der Waals surface area contributed by atoms with Gasteiger partial charge in [0.25, 0.3) is 0 Å². The molecule has 1 fully saturated rings. The monoisotopic (exact) mass is 404 g/mol. The summed E-state index contributed by atoms with van der Waals surface area (Å²) < 4.78 is 6.94. The van der Waals surface area contributed by atoms with E-state index in [4.69, 9.17) is 4.74 Å². The number of hydrogen-bond donors (Lipinski definition) is 0. The first kappa shape index (κ1) is 15.9.